The molecule has 6 heteroatoms. The number of carbonyl (C=O) groups excluding carboxylic acids is 2. The summed E-state index contributed by atoms with van der Waals surface area (Å²) in [6, 6.07) is 17.6. The number of hydrogen-bond donors (Lipinski definition) is 2. The molecule has 0 aliphatic carbocycles. The molecule has 1 heterocycles. The number of amides is 2. The number of aryl methyl sites for hydroxylation is 1. The molecule has 0 fully saturated rings. The van der Waals surface area contributed by atoms with Gasteiger partial charge in [-0.05, 0) is 50.5 Å². The van der Waals surface area contributed by atoms with Crippen molar-refractivity contribution in [2.24, 2.45) is 5.73 Å². The van der Waals surface area contributed by atoms with Crippen molar-refractivity contribution in [1.82, 2.24) is 4.98 Å². The molecule has 0 radical (unpaired) electrons. The smallest absolute Gasteiger partial charge is 0.251 e. The lowest BCUT2D eigenvalue weighted by Crippen LogP contribution is -2.24. The van der Waals surface area contributed by atoms with Crippen LogP contribution >= 0.6 is 11.8 Å². The molecular weight excluding hydrogens is 394 g/mol. The van der Waals surface area contributed by atoms with Gasteiger partial charge in [0.05, 0.1) is 10.8 Å². The number of anilines is 1. The number of nitrogens with zero attached hydrogens (tertiary/aromatic N) is 1. The van der Waals surface area contributed by atoms with E-state index in [1.165, 1.54) is 11.8 Å². The van der Waals surface area contributed by atoms with Gasteiger partial charge in [0, 0.05) is 16.9 Å². The van der Waals surface area contributed by atoms with E-state index >= 15 is 0 Å². The minimum absolute atomic E-state index is 0.170. The highest BCUT2D eigenvalue weighted by atomic mass is 32.2. The number of rotatable bonds is 6. The average molecular weight is 420 g/mol. The Labute approximate surface area is 181 Å². The van der Waals surface area contributed by atoms with Crippen molar-refractivity contribution in [2.75, 3.05) is 5.32 Å². The van der Waals surface area contributed by atoms with Gasteiger partial charge in [-0.15, -0.1) is 0 Å². The predicted octanol–water partition coefficient (Wildman–Crippen LogP) is 4.89. The normalized spacial score (nSPS) is 11.7. The Morgan fingerprint density at radius 1 is 0.967 bits per heavy atom. The van der Waals surface area contributed by atoms with Gasteiger partial charge in [0.2, 0.25) is 5.91 Å². The van der Waals surface area contributed by atoms with Crippen LogP contribution in [0.5, 0.6) is 0 Å². The Balaban J connectivity index is 1.85. The summed E-state index contributed by atoms with van der Waals surface area (Å²) in [6.45, 7) is 7.45. The van der Waals surface area contributed by atoms with Gasteiger partial charge < -0.3 is 11.1 Å². The van der Waals surface area contributed by atoms with E-state index < -0.39 is 11.2 Å². The molecule has 3 rings (SSSR count). The molecule has 1 atom stereocenters. The lowest BCUT2D eigenvalue weighted by Gasteiger charge is -2.17. The lowest BCUT2D eigenvalue weighted by atomic mass is 10.0. The van der Waals surface area contributed by atoms with Crippen molar-refractivity contribution >= 4 is 29.3 Å². The summed E-state index contributed by atoms with van der Waals surface area (Å²) in [6.07, 6.45) is 0. The first-order valence-electron chi connectivity index (χ1n) is 9.69. The van der Waals surface area contributed by atoms with Gasteiger partial charge in [-0.3, -0.25) is 9.59 Å². The molecule has 0 bridgehead atoms. The third-order valence-electron chi connectivity index (χ3n) is 5.14. The second-order valence-electron chi connectivity index (χ2n) is 7.15. The van der Waals surface area contributed by atoms with Crippen molar-refractivity contribution in [3.8, 4) is 11.1 Å². The third kappa shape index (κ3) is 4.54. The number of carbonyl (C=O) groups is 2. The maximum atomic E-state index is 12.9. The highest BCUT2D eigenvalue weighted by molar-refractivity contribution is 8.00. The van der Waals surface area contributed by atoms with E-state index in [0.29, 0.717) is 10.6 Å². The number of nitrogens with one attached hydrogen (secondary N) is 1. The van der Waals surface area contributed by atoms with Crippen LogP contribution in [0.25, 0.3) is 11.1 Å². The van der Waals surface area contributed by atoms with Crippen LogP contribution < -0.4 is 11.1 Å². The average Bonchev–Trinajstić information content (AvgIpc) is 2.72. The van der Waals surface area contributed by atoms with E-state index in [4.69, 9.17) is 5.73 Å². The molecule has 0 aliphatic rings. The molecular formula is C24H25N3O2S. The van der Waals surface area contributed by atoms with Crippen molar-refractivity contribution in [1.29, 1.82) is 0 Å². The quantitative estimate of drug-likeness (QED) is 0.557. The first kappa shape index (κ1) is 21.6. The molecule has 0 saturated heterocycles. The SMILES string of the molecule is Cc1nc(SC(C)C(=O)Nc2ccccc2-c2ccccc2)c(C(N)=O)c(C)c1C. The van der Waals surface area contributed by atoms with E-state index in [0.717, 1.165) is 33.6 Å². The van der Waals surface area contributed by atoms with Crippen molar-refractivity contribution in [3.63, 3.8) is 0 Å². The van der Waals surface area contributed by atoms with Gasteiger partial charge in [0.25, 0.3) is 5.91 Å². The molecule has 1 aromatic heterocycles. The van der Waals surface area contributed by atoms with Gasteiger partial charge in [0.1, 0.15) is 5.03 Å². The van der Waals surface area contributed by atoms with Crippen molar-refractivity contribution in [2.45, 2.75) is 38.0 Å². The Morgan fingerprint density at radius 2 is 1.60 bits per heavy atom. The Bertz CT molecular complexity index is 1100. The number of para-hydroxylation sites is 1. The molecule has 2 amide bonds. The highest BCUT2D eigenvalue weighted by Crippen LogP contribution is 2.32. The Hall–Kier alpha value is -3.12. The second-order valence-corrected chi connectivity index (χ2v) is 8.48. The minimum Gasteiger partial charge on any atom is -0.366 e. The van der Waals surface area contributed by atoms with Crippen LogP contribution in [-0.2, 0) is 4.79 Å². The maximum absolute atomic E-state index is 12.9. The van der Waals surface area contributed by atoms with E-state index in [1.54, 1.807) is 6.92 Å². The number of benzene rings is 2. The summed E-state index contributed by atoms with van der Waals surface area (Å²) in [5.41, 5.74) is 11.2. The largest absolute Gasteiger partial charge is 0.366 e. The fraction of sp³-hybridized carbons (Fsp3) is 0.208. The first-order valence-corrected chi connectivity index (χ1v) is 10.6. The lowest BCUT2D eigenvalue weighted by molar-refractivity contribution is -0.115. The summed E-state index contributed by atoms with van der Waals surface area (Å²) < 4.78 is 0. The fourth-order valence-corrected chi connectivity index (χ4v) is 4.27. The standard InChI is InChI=1S/C24H25N3O2S/c1-14-15(2)21(22(25)28)24(26-16(14)3)30-17(4)23(29)27-20-13-9-8-12-19(20)18-10-6-5-7-11-18/h5-13,17H,1-4H3,(H2,25,28)(H,27,29). The number of nitrogens with two attached hydrogens (primary N) is 1. The monoisotopic (exact) mass is 419 g/mol. The zero-order valence-electron chi connectivity index (χ0n) is 17.5. The highest BCUT2D eigenvalue weighted by Gasteiger charge is 2.23. The van der Waals surface area contributed by atoms with Crippen LogP contribution in [0.4, 0.5) is 5.69 Å². The molecule has 2 aromatic carbocycles. The molecule has 154 valence electrons. The van der Waals surface area contributed by atoms with Crippen molar-refractivity contribution in [3.05, 3.63) is 77.0 Å². The molecule has 0 aliphatic heterocycles. The third-order valence-corrected chi connectivity index (χ3v) is 6.22. The molecule has 0 saturated carbocycles. The Kier molecular flexibility index (Phi) is 6.57. The predicted molar refractivity (Wildman–Crippen MR) is 123 cm³/mol. The van der Waals surface area contributed by atoms with Gasteiger partial charge in [-0.1, -0.05) is 60.3 Å². The van der Waals surface area contributed by atoms with Crippen LogP contribution in [0, 0.1) is 20.8 Å². The van der Waals surface area contributed by atoms with Crippen LogP contribution in [0.3, 0.4) is 0 Å². The van der Waals surface area contributed by atoms with Gasteiger partial charge in [0.15, 0.2) is 0 Å². The summed E-state index contributed by atoms with van der Waals surface area (Å²) in [4.78, 5) is 29.5. The number of thioether (sulfide) groups is 1. The summed E-state index contributed by atoms with van der Waals surface area (Å²) in [5.74, 6) is -0.705. The number of primary amides is 1. The van der Waals surface area contributed by atoms with Crippen LogP contribution in [0.2, 0.25) is 0 Å². The van der Waals surface area contributed by atoms with Crippen LogP contribution in [0.1, 0.15) is 34.1 Å². The summed E-state index contributed by atoms with van der Waals surface area (Å²) in [5, 5.41) is 3.03. The topological polar surface area (TPSA) is 85.1 Å². The fourth-order valence-electron chi connectivity index (χ4n) is 3.20. The van der Waals surface area contributed by atoms with Crippen LogP contribution in [-0.4, -0.2) is 22.0 Å². The number of pyridine rings is 1. The second kappa shape index (κ2) is 9.13. The number of aromatic nitrogens is 1. The van der Waals surface area contributed by atoms with E-state index in [-0.39, 0.29) is 5.91 Å². The van der Waals surface area contributed by atoms with E-state index in [2.05, 4.69) is 10.3 Å². The zero-order valence-corrected chi connectivity index (χ0v) is 18.3. The van der Waals surface area contributed by atoms with Crippen LogP contribution in [0.15, 0.2) is 59.6 Å². The summed E-state index contributed by atoms with van der Waals surface area (Å²) >= 11 is 1.24. The molecule has 1 unspecified atom stereocenters. The molecule has 0 spiro atoms. The molecule has 30 heavy (non-hydrogen) atoms. The van der Waals surface area contributed by atoms with Gasteiger partial charge in [-0.25, -0.2) is 4.98 Å². The minimum atomic E-state index is -0.535. The van der Waals surface area contributed by atoms with E-state index in [1.807, 2.05) is 75.4 Å². The van der Waals surface area contributed by atoms with E-state index in [9.17, 15) is 9.59 Å². The molecule has 3 N–H and O–H groups in total. The van der Waals surface area contributed by atoms with Crippen molar-refractivity contribution < 1.29 is 9.59 Å². The van der Waals surface area contributed by atoms with Gasteiger partial charge in [-0.2, -0.15) is 0 Å². The Morgan fingerprint density at radius 3 is 2.27 bits per heavy atom. The zero-order chi connectivity index (χ0) is 21.8. The molecule has 3 aromatic rings. The first-order chi connectivity index (χ1) is 14.3. The molecule has 5 nitrogen and oxygen atoms in total. The summed E-state index contributed by atoms with van der Waals surface area (Å²) in [7, 11) is 0. The number of hydrogen-bond acceptors (Lipinski definition) is 4. The maximum Gasteiger partial charge on any atom is 0.251 e. The van der Waals surface area contributed by atoms with Gasteiger partial charge >= 0.3 is 0 Å².